The maximum Gasteiger partial charge on any atom is 0.146 e. The van der Waals surface area contributed by atoms with Crippen LogP contribution in [0.1, 0.15) is 26.3 Å². The molecule has 17 heavy (non-hydrogen) atoms. The molecule has 1 saturated heterocycles. The Bertz CT molecular complexity index is 458. The largest absolute Gasteiger partial charge is 0.388 e. The molecule has 1 aliphatic heterocycles. The van der Waals surface area contributed by atoms with E-state index in [0.29, 0.717) is 24.5 Å². The summed E-state index contributed by atoms with van der Waals surface area (Å²) in [7, 11) is 0. The molecular weight excluding hydrogens is 214 g/mol. The molecule has 0 aromatic carbocycles. The Morgan fingerprint density at radius 1 is 1.41 bits per heavy atom. The maximum atomic E-state index is 10.4. The first-order valence-electron chi connectivity index (χ1n) is 5.70. The Kier molecular flexibility index (Phi) is 2.59. The van der Waals surface area contributed by atoms with Gasteiger partial charge >= 0.3 is 0 Å². The number of hydrogen-bond acceptors (Lipinski definition) is 4. The van der Waals surface area contributed by atoms with Crippen LogP contribution >= 0.6 is 0 Å². The van der Waals surface area contributed by atoms with Gasteiger partial charge < -0.3 is 10.0 Å². The number of aromatic nitrogens is 1. The van der Waals surface area contributed by atoms with Crippen LogP contribution in [0.3, 0.4) is 0 Å². The molecule has 1 N–H and O–H groups in total. The van der Waals surface area contributed by atoms with Gasteiger partial charge in [-0.05, 0) is 19.1 Å². The van der Waals surface area contributed by atoms with Crippen molar-refractivity contribution in [3.63, 3.8) is 0 Å². The molecule has 1 atom stereocenters. The number of nitriles is 1. The fourth-order valence-corrected chi connectivity index (χ4v) is 2.18. The predicted octanol–water partition coefficient (Wildman–Crippen LogP) is 1.55. The molecule has 90 valence electrons. The predicted molar refractivity (Wildman–Crippen MR) is 65.6 cm³/mol. The number of β-amino-alcohol motifs (C(OH)–C–C–N with tert-alkyl or cyclic N) is 1. The summed E-state index contributed by atoms with van der Waals surface area (Å²) >= 11 is 0. The minimum absolute atomic E-state index is 0.211. The monoisotopic (exact) mass is 231 g/mol. The van der Waals surface area contributed by atoms with Gasteiger partial charge in [0.15, 0.2) is 0 Å². The smallest absolute Gasteiger partial charge is 0.146 e. The average molecular weight is 231 g/mol. The topological polar surface area (TPSA) is 60.2 Å². The van der Waals surface area contributed by atoms with Crippen LogP contribution in [0.2, 0.25) is 0 Å². The van der Waals surface area contributed by atoms with Crippen LogP contribution in [-0.4, -0.2) is 28.8 Å². The molecule has 0 saturated carbocycles. The van der Waals surface area contributed by atoms with E-state index in [4.69, 9.17) is 5.26 Å². The minimum atomic E-state index is -0.767. The zero-order valence-corrected chi connectivity index (χ0v) is 10.4. The summed E-state index contributed by atoms with van der Waals surface area (Å²) in [6, 6.07) is 5.65. The number of nitrogens with zero attached hydrogens (tertiary/aromatic N) is 3. The van der Waals surface area contributed by atoms with Gasteiger partial charge in [-0.3, -0.25) is 0 Å². The molecule has 2 heterocycles. The van der Waals surface area contributed by atoms with E-state index in [1.807, 2.05) is 25.7 Å². The Balaban J connectivity index is 2.36. The first kappa shape index (κ1) is 11.9. The van der Waals surface area contributed by atoms with Crippen molar-refractivity contribution in [3.8, 4) is 6.07 Å². The number of anilines is 1. The van der Waals surface area contributed by atoms with E-state index in [9.17, 15) is 5.11 Å². The lowest BCUT2D eigenvalue weighted by Crippen LogP contribution is -2.40. The first-order valence-corrected chi connectivity index (χ1v) is 5.70. The molecule has 0 bridgehead atoms. The fourth-order valence-electron chi connectivity index (χ4n) is 2.18. The van der Waals surface area contributed by atoms with Crippen LogP contribution in [0.5, 0.6) is 0 Å². The highest BCUT2D eigenvalue weighted by Gasteiger charge is 2.48. The molecule has 0 spiro atoms. The second-order valence-corrected chi connectivity index (χ2v) is 5.50. The van der Waals surface area contributed by atoms with Gasteiger partial charge in [0.1, 0.15) is 11.9 Å². The van der Waals surface area contributed by atoms with Crippen LogP contribution in [0.25, 0.3) is 0 Å². The normalized spacial score (nSPS) is 26.9. The van der Waals surface area contributed by atoms with Gasteiger partial charge in [0.05, 0.1) is 11.2 Å². The second-order valence-electron chi connectivity index (χ2n) is 5.50. The van der Waals surface area contributed by atoms with Crippen molar-refractivity contribution in [2.45, 2.75) is 26.4 Å². The lowest BCUT2D eigenvalue weighted by Gasteiger charge is -2.30. The molecule has 4 nitrogen and oxygen atoms in total. The molecule has 2 rings (SSSR count). The molecule has 0 unspecified atom stereocenters. The highest BCUT2D eigenvalue weighted by atomic mass is 16.3. The summed E-state index contributed by atoms with van der Waals surface area (Å²) in [5.74, 6) is 0.667. The van der Waals surface area contributed by atoms with Crippen LogP contribution in [0.15, 0.2) is 18.3 Å². The number of rotatable bonds is 1. The number of aliphatic hydroxyl groups is 1. The van der Waals surface area contributed by atoms with E-state index in [2.05, 4.69) is 11.1 Å². The van der Waals surface area contributed by atoms with Crippen molar-refractivity contribution in [1.29, 1.82) is 5.26 Å². The van der Waals surface area contributed by atoms with Crippen molar-refractivity contribution in [2.75, 3.05) is 18.0 Å². The van der Waals surface area contributed by atoms with Crippen molar-refractivity contribution >= 4 is 5.82 Å². The molecular formula is C13H17N3O. The third kappa shape index (κ3) is 1.87. The van der Waals surface area contributed by atoms with E-state index in [1.165, 1.54) is 0 Å². The average Bonchev–Trinajstić information content (AvgIpc) is 2.48. The van der Waals surface area contributed by atoms with E-state index in [-0.39, 0.29) is 5.41 Å². The molecule has 1 aromatic heterocycles. The van der Waals surface area contributed by atoms with Gasteiger partial charge in [-0.2, -0.15) is 5.26 Å². The van der Waals surface area contributed by atoms with Crippen molar-refractivity contribution < 1.29 is 5.11 Å². The quantitative estimate of drug-likeness (QED) is 0.796. The Morgan fingerprint density at radius 3 is 2.65 bits per heavy atom. The summed E-state index contributed by atoms with van der Waals surface area (Å²) in [6.45, 7) is 7.10. The van der Waals surface area contributed by atoms with Crippen molar-refractivity contribution in [2.24, 2.45) is 5.41 Å². The highest BCUT2D eigenvalue weighted by Crippen LogP contribution is 2.40. The van der Waals surface area contributed by atoms with Gasteiger partial charge in [-0.1, -0.05) is 13.8 Å². The molecule has 1 fully saturated rings. The van der Waals surface area contributed by atoms with Crippen molar-refractivity contribution in [3.05, 3.63) is 23.9 Å². The summed E-state index contributed by atoms with van der Waals surface area (Å²) < 4.78 is 0. The van der Waals surface area contributed by atoms with Gasteiger partial charge in [0.2, 0.25) is 0 Å². The highest BCUT2D eigenvalue weighted by molar-refractivity contribution is 5.55. The van der Waals surface area contributed by atoms with Crippen molar-refractivity contribution in [1.82, 2.24) is 4.98 Å². The zero-order valence-electron chi connectivity index (χ0n) is 10.4. The maximum absolute atomic E-state index is 10.4. The van der Waals surface area contributed by atoms with Gasteiger partial charge in [-0.15, -0.1) is 0 Å². The molecule has 0 aliphatic carbocycles. The SMILES string of the molecule is CC1(C)CN(c2ncccc2C#N)C[C@]1(C)O. The Hall–Kier alpha value is -1.60. The van der Waals surface area contributed by atoms with E-state index in [1.54, 1.807) is 18.3 Å². The molecule has 0 radical (unpaired) electrons. The fraction of sp³-hybridized carbons (Fsp3) is 0.538. The number of pyridine rings is 1. The Labute approximate surface area is 102 Å². The summed E-state index contributed by atoms with van der Waals surface area (Å²) in [5.41, 5.74) is -0.421. The van der Waals surface area contributed by atoms with Crippen LogP contribution in [0, 0.1) is 16.7 Å². The van der Waals surface area contributed by atoms with Crippen LogP contribution in [0.4, 0.5) is 5.82 Å². The van der Waals surface area contributed by atoms with E-state index in [0.717, 1.165) is 0 Å². The van der Waals surface area contributed by atoms with Crippen LogP contribution < -0.4 is 4.90 Å². The lowest BCUT2D eigenvalue weighted by atomic mass is 9.79. The third-order valence-corrected chi connectivity index (χ3v) is 3.75. The second kappa shape index (κ2) is 3.71. The summed E-state index contributed by atoms with van der Waals surface area (Å²) in [6.07, 6.45) is 1.68. The molecule has 4 heteroatoms. The van der Waals surface area contributed by atoms with Crippen LogP contribution in [-0.2, 0) is 0 Å². The van der Waals surface area contributed by atoms with E-state index < -0.39 is 5.60 Å². The Morgan fingerprint density at radius 2 is 2.12 bits per heavy atom. The van der Waals surface area contributed by atoms with Gasteiger partial charge in [0.25, 0.3) is 0 Å². The van der Waals surface area contributed by atoms with Gasteiger partial charge in [0, 0.05) is 24.7 Å². The standard InChI is InChI=1S/C13H17N3O/c1-12(2)8-16(9-13(12,3)17)11-10(7-14)5-4-6-15-11/h4-6,17H,8-9H2,1-3H3/t13-/m0/s1. The van der Waals surface area contributed by atoms with Gasteiger partial charge in [-0.25, -0.2) is 4.98 Å². The lowest BCUT2D eigenvalue weighted by molar-refractivity contribution is -0.00891. The summed E-state index contributed by atoms with van der Waals surface area (Å²) in [4.78, 5) is 6.24. The zero-order chi connectivity index (χ0) is 12.7. The van der Waals surface area contributed by atoms with E-state index >= 15 is 0 Å². The molecule has 1 aromatic rings. The third-order valence-electron chi connectivity index (χ3n) is 3.75. The first-order chi connectivity index (χ1) is 7.87. The summed E-state index contributed by atoms with van der Waals surface area (Å²) in [5, 5.41) is 19.4. The molecule has 0 amide bonds. The number of hydrogen-bond donors (Lipinski definition) is 1. The minimum Gasteiger partial charge on any atom is -0.388 e. The molecule has 1 aliphatic rings.